The molecule has 3 rings (SSSR count). The van der Waals surface area contributed by atoms with E-state index in [-0.39, 0.29) is 5.69 Å². The Hall–Kier alpha value is -2.16. The lowest BCUT2D eigenvalue weighted by atomic mass is 10.2. The van der Waals surface area contributed by atoms with Gasteiger partial charge in [-0.3, -0.25) is 0 Å². The molecule has 0 unspecified atom stereocenters. The fourth-order valence-corrected chi connectivity index (χ4v) is 1.90. The molecule has 0 spiro atoms. The molecule has 1 nitrogen and oxygen atoms in total. The summed E-state index contributed by atoms with van der Waals surface area (Å²) in [4.78, 5) is 0. The third kappa shape index (κ3) is 1.60. The van der Waals surface area contributed by atoms with Crippen molar-refractivity contribution in [1.29, 1.82) is 0 Å². The summed E-state index contributed by atoms with van der Waals surface area (Å²) >= 11 is 0. The summed E-state index contributed by atoms with van der Waals surface area (Å²) in [6, 6.07) is 13.6. The Morgan fingerprint density at radius 2 is 1.94 bits per heavy atom. The molecule has 0 aliphatic carbocycles. The van der Waals surface area contributed by atoms with E-state index in [1.165, 1.54) is 6.07 Å². The van der Waals surface area contributed by atoms with Gasteiger partial charge in [0.05, 0.1) is 11.2 Å². The molecule has 0 N–H and O–H groups in total. The molecule has 1 radical (unpaired) electrons. The zero-order chi connectivity index (χ0) is 11.8. The largest absolute Gasteiger partial charge is 0.314 e. The molecule has 0 atom stereocenters. The predicted molar refractivity (Wildman–Crippen MR) is 62.0 cm³/mol. The van der Waals surface area contributed by atoms with Crippen molar-refractivity contribution in [2.75, 3.05) is 0 Å². The van der Waals surface area contributed by atoms with Gasteiger partial charge in [-0.1, -0.05) is 6.07 Å². The summed E-state index contributed by atoms with van der Waals surface area (Å²) < 4.78 is 28.4. The first-order valence-corrected chi connectivity index (χ1v) is 5.18. The first kappa shape index (κ1) is 10.0. The van der Waals surface area contributed by atoms with Crippen LogP contribution >= 0.6 is 0 Å². The van der Waals surface area contributed by atoms with Crippen LogP contribution in [0, 0.1) is 17.7 Å². The minimum atomic E-state index is -0.453. The normalized spacial score (nSPS) is 10.9. The molecule has 0 aliphatic rings. The molecule has 3 heteroatoms. The van der Waals surface area contributed by atoms with Gasteiger partial charge in [0.1, 0.15) is 11.6 Å². The summed E-state index contributed by atoms with van der Waals surface area (Å²) in [5, 5.41) is 0.941. The van der Waals surface area contributed by atoms with Gasteiger partial charge >= 0.3 is 0 Å². The van der Waals surface area contributed by atoms with E-state index in [1.54, 1.807) is 16.8 Å². The molecule has 0 aliphatic heterocycles. The van der Waals surface area contributed by atoms with Crippen molar-refractivity contribution in [3.05, 3.63) is 66.4 Å². The molecular weight excluding hydrogens is 220 g/mol. The lowest BCUT2D eigenvalue weighted by molar-refractivity contribution is 0.594. The molecule has 1 heterocycles. The Kier molecular flexibility index (Phi) is 2.18. The van der Waals surface area contributed by atoms with Gasteiger partial charge < -0.3 is 4.57 Å². The number of hydrogen-bond acceptors (Lipinski definition) is 0. The topological polar surface area (TPSA) is 4.93 Å². The second kappa shape index (κ2) is 3.70. The van der Waals surface area contributed by atoms with Crippen molar-refractivity contribution < 1.29 is 8.78 Å². The van der Waals surface area contributed by atoms with Crippen molar-refractivity contribution in [3.8, 4) is 5.69 Å². The molecule has 1 aromatic heterocycles. The first-order valence-electron chi connectivity index (χ1n) is 5.18. The van der Waals surface area contributed by atoms with Crippen molar-refractivity contribution >= 4 is 10.9 Å². The highest BCUT2D eigenvalue weighted by Gasteiger charge is 2.08. The van der Waals surface area contributed by atoms with E-state index >= 15 is 0 Å². The summed E-state index contributed by atoms with van der Waals surface area (Å²) in [5.41, 5.74) is 1.04. The number of halogens is 2. The van der Waals surface area contributed by atoms with Gasteiger partial charge in [0.25, 0.3) is 0 Å². The molecule has 0 amide bonds. The molecule has 83 valence electrons. The quantitative estimate of drug-likeness (QED) is 0.598. The zero-order valence-corrected chi connectivity index (χ0v) is 8.82. The third-order valence-electron chi connectivity index (χ3n) is 2.70. The highest BCUT2D eigenvalue weighted by atomic mass is 19.1. The lowest BCUT2D eigenvalue weighted by Gasteiger charge is -2.06. The van der Waals surface area contributed by atoms with Crippen molar-refractivity contribution in [3.63, 3.8) is 0 Å². The van der Waals surface area contributed by atoms with Crippen LogP contribution in [0.3, 0.4) is 0 Å². The van der Waals surface area contributed by atoms with Crippen LogP contribution in [0.4, 0.5) is 8.78 Å². The summed E-state index contributed by atoms with van der Waals surface area (Å²) in [7, 11) is 0. The van der Waals surface area contributed by atoms with Gasteiger partial charge in [0.15, 0.2) is 0 Å². The minimum absolute atomic E-state index is 0.214. The Bertz CT molecular complexity index is 686. The molecule has 0 bridgehead atoms. The zero-order valence-electron chi connectivity index (χ0n) is 8.82. The summed E-state index contributed by atoms with van der Waals surface area (Å²) in [5.74, 6) is -0.900. The van der Waals surface area contributed by atoms with E-state index < -0.39 is 11.6 Å². The average Bonchev–Trinajstić information content (AvgIpc) is 2.76. The average molecular weight is 228 g/mol. The van der Waals surface area contributed by atoms with Gasteiger partial charge in [-0.25, -0.2) is 8.78 Å². The van der Waals surface area contributed by atoms with E-state index in [9.17, 15) is 8.78 Å². The Labute approximate surface area is 96.9 Å². The molecule has 0 fully saturated rings. The van der Waals surface area contributed by atoms with E-state index in [0.717, 1.165) is 23.0 Å². The highest BCUT2D eigenvalue weighted by molar-refractivity contribution is 5.81. The monoisotopic (exact) mass is 228 g/mol. The van der Waals surface area contributed by atoms with Crippen molar-refractivity contribution in [2.45, 2.75) is 0 Å². The van der Waals surface area contributed by atoms with E-state index in [2.05, 4.69) is 6.07 Å². The van der Waals surface area contributed by atoms with Crippen LogP contribution in [0.2, 0.25) is 0 Å². The van der Waals surface area contributed by atoms with Crippen molar-refractivity contribution in [1.82, 2.24) is 4.57 Å². The van der Waals surface area contributed by atoms with Crippen LogP contribution in [-0.4, -0.2) is 4.57 Å². The Morgan fingerprint density at radius 3 is 2.82 bits per heavy atom. The maximum atomic E-state index is 13.7. The van der Waals surface area contributed by atoms with Gasteiger partial charge in [0.2, 0.25) is 0 Å². The molecular formula is C14H8F2N. The van der Waals surface area contributed by atoms with Gasteiger partial charge in [-0.15, -0.1) is 0 Å². The Morgan fingerprint density at radius 1 is 1.06 bits per heavy atom. The molecule has 3 aromatic rings. The van der Waals surface area contributed by atoms with Gasteiger partial charge in [-0.2, -0.15) is 0 Å². The maximum Gasteiger partial charge on any atom is 0.147 e. The second-order valence-corrected chi connectivity index (χ2v) is 3.77. The molecule has 0 saturated heterocycles. The number of hydrogen-bond donors (Lipinski definition) is 0. The van der Waals surface area contributed by atoms with Crippen LogP contribution in [0.25, 0.3) is 16.6 Å². The molecule has 0 saturated carbocycles. The van der Waals surface area contributed by atoms with Gasteiger partial charge in [0, 0.05) is 17.6 Å². The summed E-state index contributed by atoms with van der Waals surface area (Å²) in [6.45, 7) is 0. The van der Waals surface area contributed by atoms with E-state index in [4.69, 9.17) is 0 Å². The number of fused-ring (bicyclic) bond motifs is 1. The smallest absolute Gasteiger partial charge is 0.147 e. The number of benzene rings is 2. The van der Waals surface area contributed by atoms with Crippen LogP contribution in [0.15, 0.2) is 48.7 Å². The minimum Gasteiger partial charge on any atom is -0.314 e. The summed E-state index contributed by atoms with van der Waals surface area (Å²) in [6.07, 6.45) is 1.72. The first-order chi connectivity index (χ1) is 8.25. The van der Waals surface area contributed by atoms with E-state index in [0.29, 0.717) is 0 Å². The van der Waals surface area contributed by atoms with Gasteiger partial charge in [-0.05, 0) is 36.4 Å². The third-order valence-corrected chi connectivity index (χ3v) is 2.70. The van der Waals surface area contributed by atoms with Crippen LogP contribution in [0.1, 0.15) is 0 Å². The predicted octanol–water partition coefficient (Wildman–Crippen LogP) is 3.71. The van der Waals surface area contributed by atoms with Crippen LogP contribution in [-0.2, 0) is 0 Å². The van der Waals surface area contributed by atoms with Crippen molar-refractivity contribution in [2.24, 2.45) is 0 Å². The maximum absolute atomic E-state index is 13.7. The van der Waals surface area contributed by atoms with Crippen LogP contribution < -0.4 is 0 Å². The number of aromatic nitrogens is 1. The SMILES string of the molecule is Fc1ccc(F)c(-n2ccc3c[c]ccc32)c1. The fraction of sp³-hybridized carbons (Fsp3) is 0. The Balaban J connectivity index is 2.31. The molecule has 2 aromatic carbocycles. The highest BCUT2D eigenvalue weighted by Crippen LogP contribution is 2.22. The standard InChI is InChI=1S/C14H8F2N/c15-11-5-6-12(16)14(9-11)17-8-7-10-3-1-2-4-13(10)17/h2-9H. The van der Waals surface area contributed by atoms with Crippen LogP contribution in [0.5, 0.6) is 0 Å². The lowest BCUT2D eigenvalue weighted by Crippen LogP contribution is -1.96. The van der Waals surface area contributed by atoms with E-state index in [1.807, 2.05) is 18.2 Å². The number of rotatable bonds is 1. The second-order valence-electron chi connectivity index (χ2n) is 3.77. The molecule has 17 heavy (non-hydrogen) atoms. The number of nitrogens with zero attached hydrogens (tertiary/aromatic N) is 1. The fourth-order valence-electron chi connectivity index (χ4n) is 1.90.